The molecule has 1 saturated carbocycles. The molecule has 3 aromatic rings. The lowest BCUT2D eigenvalue weighted by Gasteiger charge is -2.26. The maximum absolute atomic E-state index is 13.2. The van der Waals surface area contributed by atoms with Gasteiger partial charge in [-0.15, -0.1) is 0 Å². The van der Waals surface area contributed by atoms with Gasteiger partial charge in [-0.2, -0.15) is 23.1 Å². The Morgan fingerprint density at radius 3 is 2.42 bits per heavy atom. The highest BCUT2D eigenvalue weighted by molar-refractivity contribution is 6.33. The van der Waals surface area contributed by atoms with Crippen molar-refractivity contribution in [3.05, 3.63) is 58.6 Å². The quantitative estimate of drug-likeness (QED) is 0.407. The number of amides is 1. The molecule has 1 aromatic heterocycles. The van der Waals surface area contributed by atoms with Crippen LogP contribution in [0.15, 0.2) is 42.5 Å². The summed E-state index contributed by atoms with van der Waals surface area (Å²) < 4.78 is 44.8. The number of hydrogen-bond donors (Lipinski definition) is 1. The Morgan fingerprint density at radius 2 is 1.78 bits per heavy atom. The fourth-order valence-electron chi connectivity index (χ4n) is 3.59. The van der Waals surface area contributed by atoms with Crippen molar-refractivity contribution in [2.75, 3.05) is 7.11 Å². The zero-order valence-electron chi connectivity index (χ0n) is 20.3. The third-order valence-corrected chi connectivity index (χ3v) is 6.95. The van der Waals surface area contributed by atoms with E-state index in [1.165, 1.54) is 12.7 Å². The Labute approximate surface area is 212 Å². The summed E-state index contributed by atoms with van der Waals surface area (Å²) >= 11 is 6.44. The second kappa shape index (κ2) is 9.35. The van der Waals surface area contributed by atoms with Gasteiger partial charge in [0.15, 0.2) is 11.6 Å². The van der Waals surface area contributed by atoms with Crippen LogP contribution in [0.4, 0.5) is 13.2 Å². The number of hydrogen-bond acceptors (Lipinski definition) is 5. The first-order valence-corrected chi connectivity index (χ1v) is 11.8. The number of benzene rings is 2. The van der Waals surface area contributed by atoms with Gasteiger partial charge in [-0.1, -0.05) is 42.8 Å². The lowest BCUT2D eigenvalue weighted by molar-refractivity contribution is -0.211. The Morgan fingerprint density at radius 1 is 1.08 bits per heavy atom. The zero-order chi connectivity index (χ0) is 26.3. The molecule has 36 heavy (non-hydrogen) atoms. The summed E-state index contributed by atoms with van der Waals surface area (Å²) in [5, 5.41) is 2.68. The van der Waals surface area contributed by atoms with Crippen LogP contribution in [0, 0.1) is 5.41 Å². The molecule has 1 heterocycles. The second-order valence-electron chi connectivity index (χ2n) is 9.73. The summed E-state index contributed by atoms with van der Waals surface area (Å²) in [6.45, 7) is 3.77. The lowest BCUT2D eigenvalue weighted by atomic mass is 9.91. The molecule has 10 heteroatoms. The minimum absolute atomic E-state index is 0.0970. The minimum atomic E-state index is -4.67. The fraction of sp³-hybridized carbons (Fsp3) is 0.385. The van der Waals surface area contributed by atoms with Crippen molar-refractivity contribution in [3.63, 3.8) is 0 Å². The van der Waals surface area contributed by atoms with E-state index >= 15 is 0 Å². The molecule has 0 aliphatic heterocycles. The number of ether oxygens (including phenoxy) is 1. The molecule has 1 aliphatic rings. The van der Waals surface area contributed by atoms with Crippen molar-refractivity contribution in [2.24, 2.45) is 5.41 Å². The molecule has 6 nitrogen and oxygen atoms in total. The topological polar surface area (TPSA) is 77.0 Å². The standard InChI is InChI=1S/C26H26ClF3N4O2/c1-24(2,26(28,29)30)22(35)31-14-15-8-9-19(27)18(12-15)21-32-20(33-23(34-21)36-4)16-6-5-7-17(13-16)25(3)10-11-25/h5-9,12-13H,10-11,14H2,1-4H3,(H,31,35). The Kier molecular flexibility index (Phi) is 6.72. The third kappa shape index (κ3) is 5.16. The van der Waals surface area contributed by atoms with E-state index in [0.717, 1.165) is 32.3 Å². The Balaban J connectivity index is 1.65. The molecular weight excluding hydrogens is 493 g/mol. The van der Waals surface area contributed by atoms with Gasteiger partial charge < -0.3 is 10.1 Å². The number of aromatic nitrogens is 3. The summed E-state index contributed by atoms with van der Waals surface area (Å²) in [4.78, 5) is 25.5. The van der Waals surface area contributed by atoms with E-state index in [-0.39, 0.29) is 23.8 Å². The van der Waals surface area contributed by atoms with Crippen LogP contribution < -0.4 is 10.1 Å². The zero-order valence-corrected chi connectivity index (χ0v) is 21.1. The molecule has 1 N–H and O–H groups in total. The largest absolute Gasteiger partial charge is 0.467 e. The minimum Gasteiger partial charge on any atom is -0.467 e. The van der Waals surface area contributed by atoms with E-state index in [1.54, 1.807) is 18.2 Å². The molecule has 1 aliphatic carbocycles. The van der Waals surface area contributed by atoms with Crippen LogP contribution in [0.1, 0.15) is 44.7 Å². The van der Waals surface area contributed by atoms with Gasteiger partial charge in [0.25, 0.3) is 0 Å². The van der Waals surface area contributed by atoms with Crippen molar-refractivity contribution >= 4 is 17.5 Å². The van der Waals surface area contributed by atoms with Gasteiger partial charge in [-0.05, 0) is 61.4 Å². The molecule has 0 saturated heterocycles. The van der Waals surface area contributed by atoms with Gasteiger partial charge in [0.05, 0.1) is 12.1 Å². The highest BCUT2D eigenvalue weighted by Crippen LogP contribution is 2.48. The molecular formula is C26H26ClF3N4O2. The molecule has 4 rings (SSSR count). The van der Waals surface area contributed by atoms with Crippen LogP contribution in [-0.2, 0) is 16.8 Å². The van der Waals surface area contributed by atoms with Gasteiger partial charge >= 0.3 is 12.2 Å². The smallest absolute Gasteiger partial charge is 0.402 e. The fourth-order valence-corrected chi connectivity index (χ4v) is 3.80. The number of rotatable bonds is 7. The van der Waals surface area contributed by atoms with Crippen molar-refractivity contribution < 1.29 is 22.7 Å². The SMILES string of the molecule is COc1nc(-c2cccc(C3(C)CC3)c2)nc(-c2cc(CNC(=O)C(C)(C)C(F)(F)F)ccc2Cl)n1. The molecule has 1 fully saturated rings. The Bertz CT molecular complexity index is 1310. The van der Waals surface area contributed by atoms with E-state index in [4.69, 9.17) is 16.3 Å². The third-order valence-electron chi connectivity index (χ3n) is 6.62. The number of nitrogens with zero attached hydrogens (tertiary/aromatic N) is 3. The maximum Gasteiger partial charge on any atom is 0.402 e. The van der Waals surface area contributed by atoms with Crippen LogP contribution in [0.3, 0.4) is 0 Å². The van der Waals surface area contributed by atoms with E-state index in [0.29, 0.717) is 22.0 Å². The van der Waals surface area contributed by atoms with Gasteiger partial charge in [0.1, 0.15) is 5.41 Å². The molecule has 190 valence electrons. The number of nitrogens with one attached hydrogen (secondary N) is 1. The molecule has 1 amide bonds. The first kappa shape index (κ1) is 25.9. The summed E-state index contributed by atoms with van der Waals surface area (Å²) in [6, 6.07) is 12.9. The van der Waals surface area contributed by atoms with Crippen molar-refractivity contribution in [2.45, 2.75) is 51.7 Å². The highest BCUT2D eigenvalue weighted by atomic mass is 35.5. The summed E-state index contributed by atoms with van der Waals surface area (Å²) in [5.41, 5.74) is 0.620. The van der Waals surface area contributed by atoms with E-state index in [9.17, 15) is 18.0 Å². The van der Waals surface area contributed by atoms with Crippen LogP contribution in [0.5, 0.6) is 6.01 Å². The van der Waals surface area contributed by atoms with Crippen molar-refractivity contribution in [1.29, 1.82) is 0 Å². The van der Waals surface area contributed by atoms with Gasteiger partial charge in [0, 0.05) is 17.7 Å². The van der Waals surface area contributed by atoms with E-state index < -0.39 is 17.5 Å². The first-order chi connectivity index (χ1) is 16.8. The van der Waals surface area contributed by atoms with Gasteiger partial charge in [-0.25, -0.2) is 4.98 Å². The van der Waals surface area contributed by atoms with Crippen LogP contribution >= 0.6 is 11.6 Å². The van der Waals surface area contributed by atoms with Crippen molar-refractivity contribution in [3.8, 4) is 28.8 Å². The predicted octanol–water partition coefficient (Wildman–Crippen LogP) is 6.12. The maximum atomic E-state index is 13.2. The average Bonchev–Trinajstić information content (AvgIpc) is 3.60. The first-order valence-electron chi connectivity index (χ1n) is 11.4. The number of halogens is 4. The van der Waals surface area contributed by atoms with Gasteiger partial charge in [-0.3, -0.25) is 4.79 Å². The Hall–Kier alpha value is -3.20. The van der Waals surface area contributed by atoms with Crippen molar-refractivity contribution in [1.82, 2.24) is 20.3 Å². The molecule has 0 unspecified atom stereocenters. The highest BCUT2D eigenvalue weighted by Gasteiger charge is 2.52. The normalized spacial score (nSPS) is 14.9. The number of methoxy groups -OCH3 is 1. The summed E-state index contributed by atoms with van der Waals surface area (Å²) in [6.07, 6.45) is -2.42. The van der Waals surface area contributed by atoms with E-state index in [2.05, 4.69) is 39.3 Å². The summed E-state index contributed by atoms with van der Waals surface area (Å²) in [5.74, 6) is -0.474. The number of carbonyl (C=O) groups is 1. The lowest BCUT2D eigenvalue weighted by Crippen LogP contribution is -2.46. The molecule has 2 aromatic carbocycles. The molecule has 0 bridgehead atoms. The molecule has 0 atom stereocenters. The summed E-state index contributed by atoms with van der Waals surface area (Å²) in [7, 11) is 1.44. The number of alkyl halides is 3. The molecule has 0 spiro atoms. The predicted molar refractivity (Wildman–Crippen MR) is 131 cm³/mol. The average molecular weight is 519 g/mol. The second-order valence-corrected chi connectivity index (χ2v) is 10.1. The number of carbonyl (C=O) groups excluding carboxylic acids is 1. The van der Waals surface area contributed by atoms with E-state index in [1.807, 2.05) is 12.1 Å². The monoisotopic (exact) mass is 518 g/mol. The molecule has 0 radical (unpaired) electrons. The van der Waals surface area contributed by atoms with Crippen LogP contribution in [0.25, 0.3) is 22.8 Å². The van der Waals surface area contributed by atoms with Gasteiger partial charge in [0.2, 0.25) is 5.91 Å². The van der Waals surface area contributed by atoms with Crippen LogP contribution in [-0.4, -0.2) is 34.1 Å². The van der Waals surface area contributed by atoms with Crippen LogP contribution in [0.2, 0.25) is 5.02 Å².